The van der Waals surface area contributed by atoms with Crippen LogP contribution in [-0.2, 0) is 22.6 Å². The second kappa shape index (κ2) is 11.3. The van der Waals surface area contributed by atoms with E-state index in [1.54, 1.807) is 12.1 Å². The van der Waals surface area contributed by atoms with E-state index >= 15 is 0 Å². The van der Waals surface area contributed by atoms with Crippen molar-refractivity contribution in [2.45, 2.75) is 50.8 Å². The molecular formula is C26H32FN3O3. The highest BCUT2D eigenvalue weighted by Crippen LogP contribution is 2.26. The minimum atomic E-state index is -0.388. The summed E-state index contributed by atoms with van der Waals surface area (Å²) in [5, 5.41) is 6.13. The van der Waals surface area contributed by atoms with Gasteiger partial charge in [-0.25, -0.2) is 9.18 Å². The summed E-state index contributed by atoms with van der Waals surface area (Å²) in [5.74, 6) is 0.0301. The molecule has 1 aliphatic carbocycles. The summed E-state index contributed by atoms with van der Waals surface area (Å²) in [5.41, 5.74) is 1.96. The van der Waals surface area contributed by atoms with E-state index in [2.05, 4.69) is 15.5 Å². The molecule has 7 heteroatoms. The van der Waals surface area contributed by atoms with Crippen LogP contribution < -0.4 is 10.6 Å². The average Bonchev–Trinajstić information content (AvgIpc) is 2.81. The number of benzene rings is 2. The first-order valence-corrected chi connectivity index (χ1v) is 11.8. The van der Waals surface area contributed by atoms with Crippen LogP contribution in [0.5, 0.6) is 0 Å². The minimum absolute atomic E-state index is 0.0101. The van der Waals surface area contributed by atoms with E-state index in [0.29, 0.717) is 13.0 Å². The zero-order valence-corrected chi connectivity index (χ0v) is 18.8. The minimum Gasteiger partial charge on any atom is -0.445 e. The molecule has 2 fully saturated rings. The highest BCUT2D eigenvalue weighted by molar-refractivity contribution is 5.79. The number of amides is 2. The Balaban J connectivity index is 1.30. The monoisotopic (exact) mass is 453 g/mol. The van der Waals surface area contributed by atoms with Crippen LogP contribution in [0.4, 0.5) is 9.18 Å². The van der Waals surface area contributed by atoms with Gasteiger partial charge in [-0.2, -0.15) is 0 Å². The number of halogens is 1. The summed E-state index contributed by atoms with van der Waals surface area (Å²) < 4.78 is 18.6. The van der Waals surface area contributed by atoms with Crippen LogP contribution >= 0.6 is 0 Å². The fraction of sp³-hybridized carbons (Fsp3) is 0.462. The van der Waals surface area contributed by atoms with Gasteiger partial charge in [0.2, 0.25) is 5.91 Å². The highest BCUT2D eigenvalue weighted by Gasteiger charge is 2.32. The molecule has 33 heavy (non-hydrogen) atoms. The molecule has 2 aromatic rings. The first-order valence-electron chi connectivity index (χ1n) is 11.8. The van der Waals surface area contributed by atoms with Crippen molar-refractivity contribution in [1.82, 2.24) is 15.5 Å². The van der Waals surface area contributed by atoms with Crippen molar-refractivity contribution >= 4 is 12.0 Å². The van der Waals surface area contributed by atoms with Gasteiger partial charge in [-0.15, -0.1) is 0 Å². The molecule has 1 aliphatic heterocycles. The van der Waals surface area contributed by atoms with Gasteiger partial charge in [0, 0.05) is 25.2 Å². The van der Waals surface area contributed by atoms with Crippen LogP contribution in [0.25, 0.3) is 0 Å². The summed E-state index contributed by atoms with van der Waals surface area (Å²) in [6.07, 6.45) is 4.42. The molecule has 1 saturated carbocycles. The number of rotatable bonds is 7. The average molecular weight is 454 g/mol. The second-order valence-electron chi connectivity index (χ2n) is 9.15. The van der Waals surface area contributed by atoms with Gasteiger partial charge in [0.1, 0.15) is 12.4 Å². The number of carbonyl (C=O) groups excluding carboxylic acids is 2. The predicted molar refractivity (Wildman–Crippen MR) is 124 cm³/mol. The van der Waals surface area contributed by atoms with Crippen molar-refractivity contribution in [3.05, 3.63) is 71.5 Å². The number of hydrogen-bond donors (Lipinski definition) is 2. The van der Waals surface area contributed by atoms with E-state index < -0.39 is 0 Å². The van der Waals surface area contributed by atoms with Crippen molar-refractivity contribution in [3.8, 4) is 0 Å². The van der Waals surface area contributed by atoms with Crippen molar-refractivity contribution < 1.29 is 18.7 Å². The normalized spacial score (nSPS) is 23.5. The quantitative estimate of drug-likeness (QED) is 0.671. The molecule has 2 amide bonds. The first kappa shape index (κ1) is 23.2. The van der Waals surface area contributed by atoms with Gasteiger partial charge in [0.05, 0.1) is 6.54 Å². The van der Waals surface area contributed by atoms with Crippen LogP contribution in [0.15, 0.2) is 54.6 Å². The number of ether oxygens (including phenoxy) is 1. The van der Waals surface area contributed by atoms with Crippen LogP contribution in [0.3, 0.4) is 0 Å². The molecule has 3 unspecified atom stereocenters. The maximum Gasteiger partial charge on any atom is 0.407 e. The van der Waals surface area contributed by atoms with E-state index in [-0.39, 0.29) is 42.4 Å². The molecule has 3 atom stereocenters. The van der Waals surface area contributed by atoms with E-state index in [4.69, 9.17) is 4.74 Å². The van der Waals surface area contributed by atoms with Gasteiger partial charge >= 0.3 is 6.09 Å². The third-order valence-corrected chi connectivity index (χ3v) is 6.52. The number of nitrogens with one attached hydrogen (secondary N) is 2. The number of hydrogen-bond acceptors (Lipinski definition) is 4. The Morgan fingerprint density at radius 2 is 1.82 bits per heavy atom. The van der Waals surface area contributed by atoms with Crippen molar-refractivity contribution in [1.29, 1.82) is 0 Å². The summed E-state index contributed by atoms with van der Waals surface area (Å²) in [6.45, 7) is 2.12. The van der Waals surface area contributed by atoms with Gasteiger partial charge in [0.25, 0.3) is 0 Å². The van der Waals surface area contributed by atoms with Gasteiger partial charge < -0.3 is 15.4 Å². The third-order valence-electron chi connectivity index (χ3n) is 6.52. The van der Waals surface area contributed by atoms with Gasteiger partial charge in [-0.3, -0.25) is 9.69 Å². The topological polar surface area (TPSA) is 70.7 Å². The van der Waals surface area contributed by atoms with Gasteiger partial charge in [0.15, 0.2) is 0 Å². The van der Waals surface area contributed by atoms with Crippen LogP contribution in [0.2, 0.25) is 0 Å². The third kappa shape index (κ3) is 7.02. The molecule has 1 heterocycles. The molecule has 0 bridgehead atoms. The Morgan fingerprint density at radius 3 is 2.61 bits per heavy atom. The lowest BCUT2D eigenvalue weighted by molar-refractivity contribution is -0.125. The van der Waals surface area contributed by atoms with Crippen LogP contribution in [-0.4, -0.2) is 48.6 Å². The molecule has 0 spiro atoms. The lowest BCUT2D eigenvalue weighted by atomic mass is 9.84. The molecule has 4 rings (SSSR count). The van der Waals surface area contributed by atoms with Crippen LogP contribution in [0, 0.1) is 11.7 Å². The predicted octanol–water partition coefficient (Wildman–Crippen LogP) is 3.65. The van der Waals surface area contributed by atoms with E-state index in [1.165, 1.54) is 12.1 Å². The maximum absolute atomic E-state index is 13.2. The van der Waals surface area contributed by atoms with Gasteiger partial charge in [-0.1, -0.05) is 55.3 Å². The molecule has 2 N–H and O–H groups in total. The van der Waals surface area contributed by atoms with Crippen molar-refractivity contribution in [3.63, 3.8) is 0 Å². The summed E-state index contributed by atoms with van der Waals surface area (Å²) in [7, 11) is 0. The summed E-state index contributed by atoms with van der Waals surface area (Å²) >= 11 is 0. The van der Waals surface area contributed by atoms with E-state index in [0.717, 1.165) is 49.9 Å². The highest BCUT2D eigenvalue weighted by atomic mass is 19.1. The number of nitrogens with zero attached hydrogens (tertiary/aromatic N) is 1. The lowest BCUT2D eigenvalue weighted by Crippen LogP contribution is -2.57. The van der Waals surface area contributed by atoms with E-state index in [9.17, 15) is 14.0 Å². The molecule has 1 saturated heterocycles. The number of piperazine rings is 1. The zero-order valence-electron chi connectivity index (χ0n) is 18.8. The fourth-order valence-electron chi connectivity index (χ4n) is 4.92. The second-order valence-corrected chi connectivity index (χ2v) is 9.15. The molecule has 6 nitrogen and oxygen atoms in total. The van der Waals surface area contributed by atoms with Crippen LogP contribution in [0.1, 0.15) is 36.8 Å². The lowest BCUT2D eigenvalue weighted by Gasteiger charge is -2.39. The number of alkyl carbamates (subject to hydrolysis) is 1. The van der Waals surface area contributed by atoms with Crippen molar-refractivity contribution in [2.24, 2.45) is 5.92 Å². The van der Waals surface area contributed by atoms with Gasteiger partial charge in [-0.05, 0) is 48.4 Å². The Kier molecular flexibility index (Phi) is 7.94. The zero-order chi connectivity index (χ0) is 23.0. The molecular weight excluding hydrogens is 421 g/mol. The molecule has 2 aromatic carbocycles. The first-order chi connectivity index (χ1) is 16.0. The van der Waals surface area contributed by atoms with Crippen molar-refractivity contribution in [2.75, 3.05) is 19.6 Å². The molecule has 0 radical (unpaired) electrons. The smallest absolute Gasteiger partial charge is 0.407 e. The summed E-state index contributed by atoms with van der Waals surface area (Å²) in [6, 6.07) is 16.1. The maximum atomic E-state index is 13.2. The molecule has 2 aliphatic rings. The SMILES string of the molecule is O=C1CN(CC2CCCCC2NC(=O)OCc2ccccc2)CC(Cc2ccc(F)cc2)N1. The summed E-state index contributed by atoms with van der Waals surface area (Å²) in [4.78, 5) is 26.9. The van der Waals surface area contributed by atoms with E-state index in [1.807, 2.05) is 30.3 Å². The Morgan fingerprint density at radius 1 is 1.06 bits per heavy atom. The Labute approximate surface area is 194 Å². The number of carbonyl (C=O) groups is 2. The Hall–Kier alpha value is -2.93. The Bertz CT molecular complexity index is 922. The molecule has 176 valence electrons. The molecule has 0 aromatic heterocycles. The fourth-order valence-corrected chi connectivity index (χ4v) is 4.92. The standard InChI is InChI=1S/C26H32FN3O3/c27-22-12-10-19(11-13-22)14-23-16-30(17-25(31)28-23)15-21-8-4-5-9-24(21)29-26(32)33-18-20-6-2-1-3-7-20/h1-3,6-7,10-13,21,23-24H,4-5,8-9,14-18H2,(H,28,31)(H,29,32). The largest absolute Gasteiger partial charge is 0.445 e.